The molecule has 32 heavy (non-hydrogen) atoms. The number of sulfonamides is 1. The minimum atomic E-state index is -4.06. The van der Waals surface area contributed by atoms with Crippen LogP contribution in [-0.2, 0) is 10.0 Å². The standard InChI is InChI=1S/C20H15ClN4O6S/c21-14-2-4-15(5-3-14)24-32(28,29)16-6-7-17(18(10-16)25(26)27)23-22-11-13-1-8-19-20(9-13)31-12-30-19/h1-11,23-24H,12H2. The molecule has 0 spiro atoms. The van der Waals surface area contributed by atoms with Crippen LogP contribution in [0.2, 0.25) is 5.02 Å². The molecule has 3 aromatic carbocycles. The summed E-state index contributed by atoms with van der Waals surface area (Å²) in [5.41, 5.74) is 3.09. The molecule has 0 amide bonds. The number of nitro groups is 1. The second-order valence-corrected chi connectivity index (χ2v) is 8.65. The Kier molecular flexibility index (Phi) is 5.84. The van der Waals surface area contributed by atoms with Crippen LogP contribution in [0.1, 0.15) is 5.56 Å². The molecule has 3 aromatic rings. The highest BCUT2D eigenvalue weighted by Gasteiger charge is 2.21. The summed E-state index contributed by atoms with van der Waals surface area (Å²) < 4.78 is 38.1. The number of nitrogens with one attached hydrogen (secondary N) is 2. The lowest BCUT2D eigenvalue weighted by molar-refractivity contribution is -0.384. The summed E-state index contributed by atoms with van der Waals surface area (Å²) in [4.78, 5) is 10.5. The molecule has 4 rings (SSSR count). The van der Waals surface area contributed by atoms with E-state index in [1.165, 1.54) is 42.6 Å². The normalized spacial score (nSPS) is 12.7. The van der Waals surface area contributed by atoms with Gasteiger partial charge in [0, 0.05) is 16.8 Å². The molecule has 0 aromatic heterocycles. The highest BCUT2D eigenvalue weighted by molar-refractivity contribution is 7.92. The lowest BCUT2D eigenvalue weighted by Crippen LogP contribution is -2.13. The number of hydrogen-bond acceptors (Lipinski definition) is 8. The number of anilines is 2. The maximum atomic E-state index is 12.6. The van der Waals surface area contributed by atoms with Gasteiger partial charge < -0.3 is 9.47 Å². The van der Waals surface area contributed by atoms with E-state index in [0.717, 1.165) is 6.07 Å². The summed E-state index contributed by atoms with van der Waals surface area (Å²) in [6, 6.07) is 14.6. The number of hydrazone groups is 1. The van der Waals surface area contributed by atoms with Crippen LogP contribution in [0.25, 0.3) is 0 Å². The Balaban J connectivity index is 1.53. The summed E-state index contributed by atoms with van der Waals surface area (Å²) in [6.45, 7) is 0.141. The van der Waals surface area contributed by atoms with Crippen molar-refractivity contribution in [3.05, 3.63) is 81.4 Å². The van der Waals surface area contributed by atoms with E-state index in [1.54, 1.807) is 18.2 Å². The van der Waals surface area contributed by atoms with Gasteiger partial charge in [-0.25, -0.2) is 8.42 Å². The Morgan fingerprint density at radius 2 is 1.78 bits per heavy atom. The molecule has 10 nitrogen and oxygen atoms in total. The van der Waals surface area contributed by atoms with Gasteiger partial charge in [-0.1, -0.05) is 11.6 Å². The van der Waals surface area contributed by atoms with E-state index >= 15 is 0 Å². The van der Waals surface area contributed by atoms with Crippen LogP contribution in [0.3, 0.4) is 0 Å². The van der Waals surface area contributed by atoms with Crippen molar-refractivity contribution >= 4 is 44.9 Å². The molecule has 0 saturated carbocycles. The zero-order valence-electron chi connectivity index (χ0n) is 16.2. The third-order valence-electron chi connectivity index (χ3n) is 4.37. The van der Waals surface area contributed by atoms with Gasteiger partial charge in [0.05, 0.1) is 16.0 Å². The van der Waals surface area contributed by atoms with Gasteiger partial charge in [-0.05, 0) is 60.2 Å². The number of benzene rings is 3. The molecule has 1 aliphatic rings. The summed E-state index contributed by atoms with van der Waals surface area (Å²) in [5.74, 6) is 1.19. The maximum Gasteiger partial charge on any atom is 0.295 e. The van der Waals surface area contributed by atoms with Crippen LogP contribution in [0.15, 0.2) is 70.7 Å². The summed E-state index contributed by atoms with van der Waals surface area (Å²) in [7, 11) is -4.06. The van der Waals surface area contributed by atoms with Gasteiger partial charge in [-0.3, -0.25) is 20.3 Å². The highest BCUT2D eigenvalue weighted by atomic mass is 35.5. The lowest BCUT2D eigenvalue weighted by atomic mass is 10.2. The predicted octanol–water partition coefficient (Wildman–Crippen LogP) is 4.22. The van der Waals surface area contributed by atoms with Crippen LogP contribution in [0, 0.1) is 10.1 Å². The zero-order valence-corrected chi connectivity index (χ0v) is 17.8. The van der Waals surface area contributed by atoms with Crippen LogP contribution in [-0.4, -0.2) is 26.3 Å². The van der Waals surface area contributed by atoms with E-state index in [9.17, 15) is 18.5 Å². The number of halogens is 1. The van der Waals surface area contributed by atoms with Crippen molar-refractivity contribution in [2.45, 2.75) is 4.90 Å². The third-order valence-corrected chi connectivity index (χ3v) is 6.00. The van der Waals surface area contributed by atoms with E-state index in [-0.39, 0.29) is 23.1 Å². The summed E-state index contributed by atoms with van der Waals surface area (Å²) in [5, 5.41) is 16.0. The van der Waals surface area contributed by atoms with Gasteiger partial charge in [-0.15, -0.1) is 0 Å². The quantitative estimate of drug-likeness (QED) is 0.297. The molecule has 164 valence electrons. The minimum absolute atomic E-state index is 0.0254. The zero-order chi connectivity index (χ0) is 22.7. The fraction of sp³-hybridized carbons (Fsp3) is 0.0500. The molecule has 2 N–H and O–H groups in total. The van der Waals surface area contributed by atoms with Gasteiger partial charge in [0.25, 0.3) is 15.7 Å². The van der Waals surface area contributed by atoms with Gasteiger partial charge >= 0.3 is 0 Å². The Hall–Kier alpha value is -3.83. The number of rotatable bonds is 7. The Morgan fingerprint density at radius 1 is 1.03 bits per heavy atom. The Bertz CT molecular complexity index is 1310. The fourth-order valence-corrected chi connectivity index (χ4v) is 4.03. The molecule has 1 heterocycles. The monoisotopic (exact) mass is 474 g/mol. The van der Waals surface area contributed by atoms with Crippen molar-refractivity contribution < 1.29 is 22.8 Å². The molecule has 0 bridgehead atoms. The molecule has 0 fully saturated rings. The molecule has 0 saturated heterocycles. The maximum absolute atomic E-state index is 12.6. The van der Waals surface area contributed by atoms with Gasteiger partial charge in [-0.2, -0.15) is 5.10 Å². The van der Waals surface area contributed by atoms with Crippen molar-refractivity contribution in [2.24, 2.45) is 5.10 Å². The van der Waals surface area contributed by atoms with Gasteiger partial charge in [0.2, 0.25) is 6.79 Å². The molecule has 0 aliphatic carbocycles. The first-order valence-electron chi connectivity index (χ1n) is 9.07. The lowest BCUT2D eigenvalue weighted by Gasteiger charge is -2.09. The largest absolute Gasteiger partial charge is 0.454 e. The number of fused-ring (bicyclic) bond motifs is 1. The van der Waals surface area contributed by atoms with Crippen LogP contribution >= 0.6 is 11.6 Å². The number of nitrogens with zero attached hydrogens (tertiary/aromatic N) is 2. The number of hydrogen-bond donors (Lipinski definition) is 2. The van der Waals surface area contributed by atoms with E-state index in [0.29, 0.717) is 22.1 Å². The van der Waals surface area contributed by atoms with Crippen LogP contribution in [0.5, 0.6) is 11.5 Å². The second-order valence-electron chi connectivity index (χ2n) is 6.53. The third kappa shape index (κ3) is 4.74. The predicted molar refractivity (Wildman–Crippen MR) is 119 cm³/mol. The molecular formula is C20H15ClN4O6S. The highest BCUT2D eigenvalue weighted by Crippen LogP contribution is 2.32. The average Bonchev–Trinajstić information content (AvgIpc) is 3.23. The van der Waals surface area contributed by atoms with Crippen molar-refractivity contribution in [3.63, 3.8) is 0 Å². The molecule has 0 radical (unpaired) electrons. The Morgan fingerprint density at radius 3 is 2.53 bits per heavy atom. The van der Waals surface area contributed by atoms with Gasteiger partial charge in [0.15, 0.2) is 11.5 Å². The SMILES string of the molecule is O=[N+]([O-])c1cc(S(=O)(=O)Nc2ccc(Cl)cc2)ccc1NN=Cc1ccc2c(c1)OCO2. The first-order chi connectivity index (χ1) is 15.3. The number of nitro benzene ring substituents is 1. The smallest absolute Gasteiger partial charge is 0.295 e. The first kappa shape index (κ1) is 21.4. The van der Waals surface area contributed by atoms with E-state index in [2.05, 4.69) is 15.2 Å². The molecular weight excluding hydrogens is 460 g/mol. The number of ether oxygens (including phenoxy) is 2. The van der Waals surface area contributed by atoms with Crippen LogP contribution < -0.4 is 19.6 Å². The van der Waals surface area contributed by atoms with Crippen LogP contribution in [0.4, 0.5) is 17.1 Å². The molecule has 12 heteroatoms. The topological polar surface area (TPSA) is 132 Å². The Labute approximate surface area is 187 Å². The van der Waals surface area contributed by atoms with Crippen molar-refractivity contribution in [2.75, 3.05) is 16.9 Å². The summed E-state index contributed by atoms with van der Waals surface area (Å²) >= 11 is 5.80. The molecule has 0 atom stereocenters. The minimum Gasteiger partial charge on any atom is -0.454 e. The molecule has 0 unspecified atom stereocenters. The van der Waals surface area contributed by atoms with Crippen molar-refractivity contribution in [1.29, 1.82) is 0 Å². The van der Waals surface area contributed by atoms with E-state index in [1.807, 2.05) is 0 Å². The average molecular weight is 475 g/mol. The first-order valence-corrected chi connectivity index (χ1v) is 10.9. The second kappa shape index (κ2) is 8.73. The van der Waals surface area contributed by atoms with E-state index in [4.69, 9.17) is 21.1 Å². The summed E-state index contributed by atoms with van der Waals surface area (Å²) in [6.07, 6.45) is 1.44. The fourth-order valence-electron chi connectivity index (χ4n) is 2.83. The molecule has 1 aliphatic heterocycles. The van der Waals surface area contributed by atoms with Crippen molar-refractivity contribution in [3.8, 4) is 11.5 Å². The van der Waals surface area contributed by atoms with E-state index < -0.39 is 20.6 Å². The van der Waals surface area contributed by atoms with Gasteiger partial charge in [0.1, 0.15) is 5.69 Å². The van der Waals surface area contributed by atoms with Crippen molar-refractivity contribution in [1.82, 2.24) is 0 Å².